The van der Waals surface area contributed by atoms with Gasteiger partial charge in [0.1, 0.15) is 5.82 Å². The zero-order valence-corrected chi connectivity index (χ0v) is 11.3. The Balaban J connectivity index is 1.71. The monoisotopic (exact) mass is 271 g/mol. The van der Waals surface area contributed by atoms with Gasteiger partial charge < -0.3 is 5.32 Å². The van der Waals surface area contributed by atoms with Crippen LogP contribution in [0.15, 0.2) is 36.7 Å². The number of halogens is 1. The van der Waals surface area contributed by atoms with E-state index < -0.39 is 0 Å². The average molecular weight is 271 g/mol. The van der Waals surface area contributed by atoms with Crippen LogP contribution >= 0.6 is 0 Å². The van der Waals surface area contributed by atoms with Gasteiger partial charge in [0.15, 0.2) is 0 Å². The van der Waals surface area contributed by atoms with Crippen LogP contribution in [0, 0.1) is 5.82 Å². The van der Waals surface area contributed by atoms with Crippen molar-refractivity contribution in [1.82, 2.24) is 15.3 Å². The lowest BCUT2D eigenvalue weighted by Gasteiger charge is -2.21. The van der Waals surface area contributed by atoms with E-state index in [0.717, 1.165) is 37.3 Å². The van der Waals surface area contributed by atoms with Crippen molar-refractivity contribution in [3.63, 3.8) is 0 Å². The van der Waals surface area contributed by atoms with E-state index in [-0.39, 0.29) is 5.82 Å². The highest BCUT2D eigenvalue weighted by molar-refractivity contribution is 5.22. The molecule has 0 spiro atoms. The summed E-state index contributed by atoms with van der Waals surface area (Å²) in [4.78, 5) is 8.96. The highest BCUT2D eigenvalue weighted by Gasteiger charge is 2.16. The molecule has 3 nitrogen and oxygen atoms in total. The molecule has 1 aromatic heterocycles. The second-order valence-corrected chi connectivity index (χ2v) is 5.23. The van der Waals surface area contributed by atoms with Crippen LogP contribution < -0.4 is 5.32 Å². The molecule has 1 N–H and O–H groups in total. The molecule has 1 fully saturated rings. The molecule has 0 amide bonds. The second-order valence-electron chi connectivity index (χ2n) is 5.23. The van der Waals surface area contributed by atoms with Gasteiger partial charge in [-0.2, -0.15) is 0 Å². The van der Waals surface area contributed by atoms with Gasteiger partial charge >= 0.3 is 0 Å². The first kappa shape index (κ1) is 13.2. The summed E-state index contributed by atoms with van der Waals surface area (Å²) in [6.07, 6.45) is 6.35. The van der Waals surface area contributed by atoms with Crippen molar-refractivity contribution in [2.45, 2.75) is 25.2 Å². The molecule has 0 bridgehead atoms. The highest BCUT2D eigenvalue weighted by Crippen LogP contribution is 2.22. The Morgan fingerprint density at radius 3 is 2.60 bits per heavy atom. The molecule has 2 heterocycles. The third kappa shape index (κ3) is 3.02. The Hall–Kier alpha value is -1.81. The van der Waals surface area contributed by atoms with Crippen LogP contribution in [0.25, 0.3) is 0 Å². The molecule has 3 rings (SSSR count). The summed E-state index contributed by atoms with van der Waals surface area (Å²) in [5.74, 6) is 0.322. The Morgan fingerprint density at radius 1 is 1.10 bits per heavy atom. The Bertz CT molecular complexity index is 562. The van der Waals surface area contributed by atoms with Gasteiger partial charge in [0.05, 0.1) is 11.4 Å². The molecular formula is C16H18FN3. The van der Waals surface area contributed by atoms with E-state index in [1.54, 1.807) is 18.3 Å². The lowest BCUT2D eigenvalue weighted by Crippen LogP contribution is -2.27. The average Bonchev–Trinajstić information content (AvgIpc) is 2.51. The SMILES string of the molecule is Fc1ccccc1Cc1cnc(C2CCNCC2)cn1. The summed E-state index contributed by atoms with van der Waals surface area (Å²) in [7, 11) is 0. The zero-order valence-electron chi connectivity index (χ0n) is 11.3. The number of hydrogen-bond acceptors (Lipinski definition) is 3. The summed E-state index contributed by atoms with van der Waals surface area (Å²) in [6, 6.07) is 6.81. The molecule has 104 valence electrons. The third-order valence-corrected chi connectivity index (χ3v) is 3.81. The summed E-state index contributed by atoms with van der Waals surface area (Å²) in [5, 5.41) is 3.34. The first-order valence-electron chi connectivity index (χ1n) is 7.08. The van der Waals surface area contributed by atoms with Crippen molar-refractivity contribution in [2.24, 2.45) is 0 Å². The highest BCUT2D eigenvalue weighted by atomic mass is 19.1. The summed E-state index contributed by atoms with van der Waals surface area (Å²) in [6.45, 7) is 2.09. The lowest BCUT2D eigenvalue weighted by atomic mass is 9.95. The lowest BCUT2D eigenvalue weighted by molar-refractivity contribution is 0.452. The molecule has 20 heavy (non-hydrogen) atoms. The molecule has 4 heteroatoms. The number of piperidine rings is 1. The molecule has 1 aromatic carbocycles. The summed E-state index contributed by atoms with van der Waals surface area (Å²) in [5.41, 5.74) is 2.54. The first-order chi connectivity index (χ1) is 9.83. The predicted octanol–water partition coefficient (Wildman–Crippen LogP) is 2.67. The van der Waals surface area contributed by atoms with Gasteiger partial charge in [-0.15, -0.1) is 0 Å². The number of benzene rings is 1. The van der Waals surface area contributed by atoms with E-state index in [1.807, 2.05) is 12.3 Å². The zero-order chi connectivity index (χ0) is 13.8. The minimum atomic E-state index is -0.184. The van der Waals surface area contributed by atoms with E-state index >= 15 is 0 Å². The van der Waals surface area contributed by atoms with Crippen LogP contribution in [0.2, 0.25) is 0 Å². The minimum Gasteiger partial charge on any atom is -0.317 e. The minimum absolute atomic E-state index is 0.184. The summed E-state index contributed by atoms with van der Waals surface area (Å²) < 4.78 is 13.6. The number of aromatic nitrogens is 2. The molecule has 0 radical (unpaired) electrons. The van der Waals surface area contributed by atoms with E-state index in [9.17, 15) is 4.39 Å². The van der Waals surface area contributed by atoms with E-state index in [2.05, 4.69) is 15.3 Å². The standard InChI is InChI=1S/C16H18FN3/c17-15-4-2-1-3-13(15)9-14-10-20-16(11-19-14)12-5-7-18-8-6-12/h1-4,10-12,18H,5-9H2. The molecule has 2 aromatic rings. The molecule has 0 saturated carbocycles. The normalized spacial score (nSPS) is 16.2. The van der Waals surface area contributed by atoms with Crippen LogP contribution in [-0.2, 0) is 6.42 Å². The van der Waals surface area contributed by atoms with E-state index in [4.69, 9.17) is 0 Å². The van der Waals surface area contributed by atoms with Crippen LogP contribution in [0.3, 0.4) is 0 Å². The maximum absolute atomic E-state index is 13.6. The number of rotatable bonds is 3. The molecular weight excluding hydrogens is 253 g/mol. The van der Waals surface area contributed by atoms with Crippen LogP contribution in [0.1, 0.15) is 35.7 Å². The smallest absolute Gasteiger partial charge is 0.126 e. The van der Waals surface area contributed by atoms with Crippen molar-refractivity contribution in [3.05, 3.63) is 59.4 Å². The van der Waals surface area contributed by atoms with Gasteiger partial charge in [-0.25, -0.2) is 4.39 Å². The molecule has 0 aliphatic carbocycles. The van der Waals surface area contributed by atoms with Crippen LogP contribution in [0.4, 0.5) is 4.39 Å². The van der Waals surface area contributed by atoms with Crippen molar-refractivity contribution in [1.29, 1.82) is 0 Å². The number of hydrogen-bond donors (Lipinski definition) is 1. The van der Waals surface area contributed by atoms with Gasteiger partial charge in [0.25, 0.3) is 0 Å². The fourth-order valence-electron chi connectivity index (χ4n) is 2.62. The van der Waals surface area contributed by atoms with Crippen molar-refractivity contribution in [2.75, 3.05) is 13.1 Å². The largest absolute Gasteiger partial charge is 0.317 e. The predicted molar refractivity (Wildman–Crippen MR) is 76.1 cm³/mol. The second kappa shape index (κ2) is 6.09. The van der Waals surface area contributed by atoms with Crippen LogP contribution in [-0.4, -0.2) is 23.1 Å². The van der Waals surface area contributed by atoms with Gasteiger partial charge in [-0.05, 0) is 37.6 Å². The topological polar surface area (TPSA) is 37.8 Å². The maximum Gasteiger partial charge on any atom is 0.126 e. The molecule has 1 aliphatic rings. The van der Waals surface area contributed by atoms with Gasteiger partial charge in [0.2, 0.25) is 0 Å². The molecule has 0 atom stereocenters. The Labute approximate surface area is 118 Å². The summed E-state index contributed by atoms with van der Waals surface area (Å²) >= 11 is 0. The van der Waals surface area contributed by atoms with Crippen molar-refractivity contribution in [3.8, 4) is 0 Å². The fraction of sp³-hybridized carbons (Fsp3) is 0.375. The number of nitrogens with one attached hydrogen (secondary N) is 1. The van der Waals surface area contributed by atoms with E-state index in [1.165, 1.54) is 6.07 Å². The Morgan fingerprint density at radius 2 is 1.90 bits per heavy atom. The number of nitrogens with zero attached hydrogens (tertiary/aromatic N) is 2. The van der Waals surface area contributed by atoms with Gasteiger partial charge in [0, 0.05) is 24.7 Å². The maximum atomic E-state index is 13.6. The quantitative estimate of drug-likeness (QED) is 0.932. The van der Waals surface area contributed by atoms with E-state index in [0.29, 0.717) is 17.9 Å². The molecule has 0 unspecified atom stereocenters. The van der Waals surface area contributed by atoms with Crippen LogP contribution in [0.5, 0.6) is 0 Å². The fourth-order valence-corrected chi connectivity index (χ4v) is 2.62. The molecule has 1 aliphatic heterocycles. The van der Waals surface area contributed by atoms with Gasteiger partial charge in [-0.1, -0.05) is 18.2 Å². The van der Waals surface area contributed by atoms with Crippen molar-refractivity contribution < 1.29 is 4.39 Å². The third-order valence-electron chi connectivity index (χ3n) is 3.81. The Kier molecular flexibility index (Phi) is 4.02. The first-order valence-corrected chi connectivity index (χ1v) is 7.08. The van der Waals surface area contributed by atoms with Gasteiger partial charge in [-0.3, -0.25) is 9.97 Å². The molecule has 1 saturated heterocycles. The van der Waals surface area contributed by atoms with Crippen molar-refractivity contribution >= 4 is 0 Å².